The lowest BCUT2D eigenvalue weighted by Gasteiger charge is -2.23. The van der Waals surface area contributed by atoms with Crippen molar-refractivity contribution in [3.8, 4) is 5.75 Å². The van der Waals surface area contributed by atoms with Gasteiger partial charge < -0.3 is 10.1 Å². The summed E-state index contributed by atoms with van der Waals surface area (Å²) in [4.78, 5) is 0. The van der Waals surface area contributed by atoms with Gasteiger partial charge in [0.05, 0.1) is 7.11 Å². The first-order valence-corrected chi connectivity index (χ1v) is 7.06. The molecule has 0 saturated heterocycles. The summed E-state index contributed by atoms with van der Waals surface area (Å²) in [5.41, 5.74) is 1.20. The second-order valence-electron chi connectivity index (χ2n) is 5.33. The summed E-state index contributed by atoms with van der Waals surface area (Å²) in [5.74, 6) is 1.94. The van der Waals surface area contributed by atoms with E-state index < -0.39 is 0 Å². The maximum atomic E-state index is 6.09. The first kappa shape index (κ1) is 13.7. The van der Waals surface area contributed by atoms with Gasteiger partial charge >= 0.3 is 0 Å². The zero-order valence-electron chi connectivity index (χ0n) is 11.4. The van der Waals surface area contributed by atoms with Gasteiger partial charge in [-0.25, -0.2) is 0 Å². The molecule has 1 aliphatic rings. The highest BCUT2D eigenvalue weighted by Crippen LogP contribution is 2.33. The Morgan fingerprint density at radius 2 is 2.11 bits per heavy atom. The maximum Gasteiger partial charge on any atom is 0.122 e. The van der Waals surface area contributed by atoms with Gasteiger partial charge in [0, 0.05) is 11.1 Å². The Balaban J connectivity index is 2.05. The minimum atomic E-state index is 0.435. The molecule has 1 aromatic carbocycles. The molecule has 2 nitrogen and oxygen atoms in total. The fourth-order valence-electron chi connectivity index (χ4n) is 2.18. The highest BCUT2D eigenvalue weighted by Gasteiger charge is 2.24. The molecule has 100 valence electrons. The van der Waals surface area contributed by atoms with Crippen molar-refractivity contribution in [1.29, 1.82) is 0 Å². The fourth-order valence-corrected chi connectivity index (χ4v) is 2.36. The average Bonchev–Trinajstić information content (AvgIpc) is 3.19. The fraction of sp³-hybridized carbons (Fsp3) is 0.600. The van der Waals surface area contributed by atoms with Crippen molar-refractivity contribution < 1.29 is 4.74 Å². The molecule has 0 radical (unpaired) electrons. The number of ether oxygens (including phenoxy) is 1. The molecule has 0 amide bonds. The Morgan fingerprint density at radius 3 is 2.72 bits per heavy atom. The first-order valence-electron chi connectivity index (χ1n) is 6.68. The average molecular weight is 268 g/mol. The lowest BCUT2D eigenvalue weighted by atomic mass is 9.88. The molecule has 2 rings (SSSR count). The summed E-state index contributed by atoms with van der Waals surface area (Å²) < 4.78 is 5.43. The van der Waals surface area contributed by atoms with Crippen LogP contribution in [0.5, 0.6) is 5.75 Å². The van der Waals surface area contributed by atoms with E-state index in [9.17, 15) is 0 Å². The molecule has 1 aliphatic carbocycles. The molecule has 2 unspecified atom stereocenters. The van der Waals surface area contributed by atoms with E-state index in [2.05, 4.69) is 19.2 Å². The van der Waals surface area contributed by atoms with E-state index in [4.69, 9.17) is 16.3 Å². The second-order valence-corrected chi connectivity index (χ2v) is 5.77. The zero-order valence-corrected chi connectivity index (χ0v) is 12.1. The summed E-state index contributed by atoms with van der Waals surface area (Å²) >= 11 is 6.09. The Labute approximate surface area is 115 Å². The van der Waals surface area contributed by atoms with Crippen LogP contribution in [0.15, 0.2) is 18.2 Å². The topological polar surface area (TPSA) is 21.3 Å². The van der Waals surface area contributed by atoms with Crippen LogP contribution in [0.2, 0.25) is 5.02 Å². The van der Waals surface area contributed by atoms with Gasteiger partial charge in [-0.05, 0) is 55.0 Å². The molecule has 18 heavy (non-hydrogen) atoms. The van der Waals surface area contributed by atoms with E-state index in [0.717, 1.165) is 23.4 Å². The minimum absolute atomic E-state index is 0.435. The summed E-state index contributed by atoms with van der Waals surface area (Å²) in [6.07, 6.45) is 2.67. The standard InChI is InChI=1S/C15H22ClNO/c1-10(9-17-13-5-6-13)11(2)14-8-12(16)4-7-15(14)18-3/h4,7-8,10-11,13,17H,5-6,9H2,1-3H3. The van der Waals surface area contributed by atoms with Gasteiger partial charge in [0.15, 0.2) is 0 Å². The van der Waals surface area contributed by atoms with E-state index in [1.165, 1.54) is 18.4 Å². The van der Waals surface area contributed by atoms with Crippen molar-refractivity contribution in [2.24, 2.45) is 5.92 Å². The lowest BCUT2D eigenvalue weighted by molar-refractivity contribution is 0.389. The molecular weight excluding hydrogens is 246 g/mol. The summed E-state index contributed by atoms with van der Waals surface area (Å²) in [6.45, 7) is 5.58. The van der Waals surface area contributed by atoms with Crippen molar-refractivity contribution >= 4 is 11.6 Å². The SMILES string of the molecule is COc1ccc(Cl)cc1C(C)C(C)CNC1CC1. The van der Waals surface area contributed by atoms with Crippen LogP contribution in [0.25, 0.3) is 0 Å². The normalized spacial score (nSPS) is 18.4. The smallest absolute Gasteiger partial charge is 0.122 e. The first-order chi connectivity index (χ1) is 8.61. The van der Waals surface area contributed by atoms with Gasteiger partial charge in [0.1, 0.15) is 5.75 Å². The van der Waals surface area contributed by atoms with Crippen molar-refractivity contribution in [3.05, 3.63) is 28.8 Å². The van der Waals surface area contributed by atoms with Gasteiger partial charge in [-0.1, -0.05) is 25.4 Å². The summed E-state index contributed by atoms with van der Waals surface area (Å²) in [6, 6.07) is 6.62. The van der Waals surface area contributed by atoms with Crippen LogP contribution in [-0.4, -0.2) is 19.7 Å². The largest absolute Gasteiger partial charge is 0.496 e. The highest BCUT2D eigenvalue weighted by atomic mass is 35.5. The third-order valence-electron chi connectivity index (χ3n) is 3.84. The van der Waals surface area contributed by atoms with Gasteiger partial charge in [0.2, 0.25) is 0 Å². The van der Waals surface area contributed by atoms with Crippen LogP contribution in [-0.2, 0) is 0 Å². The van der Waals surface area contributed by atoms with Crippen molar-refractivity contribution in [3.63, 3.8) is 0 Å². The molecule has 1 fully saturated rings. The molecule has 0 spiro atoms. The minimum Gasteiger partial charge on any atom is -0.496 e. The monoisotopic (exact) mass is 267 g/mol. The van der Waals surface area contributed by atoms with E-state index in [1.807, 2.05) is 18.2 Å². The molecule has 0 heterocycles. The van der Waals surface area contributed by atoms with Crippen LogP contribution in [0.3, 0.4) is 0 Å². The third-order valence-corrected chi connectivity index (χ3v) is 4.08. The molecule has 1 N–H and O–H groups in total. The lowest BCUT2D eigenvalue weighted by Crippen LogP contribution is -2.26. The summed E-state index contributed by atoms with van der Waals surface area (Å²) in [5, 5.41) is 4.36. The van der Waals surface area contributed by atoms with Crippen LogP contribution in [0.1, 0.15) is 38.2 Å². The number of halogens is 1. The second kappa shape index (κ2) is 5.94. The quantitative estimate of drug-likeness (QED) is 0.846. The molecule has 1 saturated carbocycles. The molecule has 0 bridgehead atoms. The predicted octanol–water partition coefficient (Wildman–Crippen LogP) is 3.84. The zero-order chi connectivity index (χ0) is 13.1. The number of hydrogen-bond donors (Lipinski definition) is 1. The third kappa shape index (κ3) is 3.39. The van der Waals surface area contributed by atoms with Crippen LogP contribution in [0.4, 0.5) is 0 Å². The number of benzene rings is 1. The van der Waals surface area contributed by atoms with Gasteiger partial charge in [-0.3, -0.25) is 0 Å². The number of hydrogen-bond acceptors (Lipinski definition) is 2. The van der Waals surface area contributed by atoms with Crippen LogP contribution >= 0.6 is 11.6 Å². The molecule has 3 heteroatoms. The molecule has 0 aliphatic heterocycles. The van der Waals surface area contributed by atoms with E-state index in [-0.39, 0.29) is 0 Å². The van der Waals surface area contributed by atoms with E-state index in [0.29, 0.717) is 11.8 Å². The molecule has 1 aromatic rings. The Hall–Kier alpha value is -0.730. The van der Waals surface area contributed by atoms with Gasteiger partial charge in [0.25, 0.3) is 0 Å². The van der Waals surface area contributed by atoms with Crippen LogP contribution < -0.4 is 10.1 Å². The van der Waals surface area contributed by atoms with E-state index >= 15 is 0 Å². The van der Waals surface area contributed by atoms with Crippen LogP contribution in [0, 0.1) is 5.92 Å². The van der Waals surface area contributed by atoms with Gasteiger partial charge in [-0.15, -0.1) is 0 Å². The molecule has 0 aromatic heterocycles. The molecular formula is C15H22ClNO. The van der Waals surface area contributed by atoms with E-state index in [1.54, 1.807) is 7.11 Å². The van der Waals surface area contributed by atoms with Crippen molar-refractivity contribution in [1.82, 2.24) is 5.32 Å². The number of methoxy groups -OCH3 is 1. The number of nitrogens with one attached hydrogen (secondary N) is 1. The maximum absolute atomic E-state index is 6.09. The Morgan fingerprint density at radius 1 is 1.39 bits per heavy atom. The molecule has 2 atom stereocenters. The Kier molecular flexibility index (Phi) is 4.52. The van der Waals surface area contributed by atoms with Crippen molar-refractivity contribution in [2.75, 3.05) is 13.7 Å². The summed E-state index contributed by atoms with van der Waals surface area (Å²) in [7, 11) is 1.71. The Bertz CT molecular complexity index is 403. The van der Waals surface area contributed by atoms with Gasteiger partial charge in [-0.2, -0.15) is 0 Å². The highest BCUT2D eigenvalue weighted by molar-refractivity contribution is 6.30. The number of rotatable bonds is 6. The predicted molar refractivity (Wildman–Crippen MR) is 76.6 cm³/mol. The van der Waals surface area contributed by atoms with Crippen molar-refractivity contribution in [2.45, 2.75) is 38.6 Å².